The summed E-state index contributed by atoms with van der Waals surface area (Å²) in [6.07, 6.45) is -1.64. The Morgan fingerprint density at radius 3 is 2.58 bits per heavy atom. The zero-order chi connectivity index (χ0) is 29.2. The molecule has 2 aromatic heterocycles. The maximum absolute atomic E-state index is 15.8. The number of carbonyl (C=O) groups is 1. The van der Waals surface area contributed by atoms with Crippen LogP contribution >= 0.6 is 23.2 Å². The standard InChI is InChI=1S/C28H34Cl2FN3O5Si/c1-27(2,3)40(6,7)36-13-19(31)18-12-15(29)8-9-16(18)20(35)21-22-23(39-28(4,5)38-22)26(37-21)34-11-10-17-24(30)32-14-33-25(17)34/h8-12,14,19,21-23,26H,13H2,1-7H3/t19?,21-,22-,23-,26-/m1/s1. The van der Waals surface area contributed by atoms with Crippen LogP contribution in [-0.2, 0) is 18.6 Å². The van der Waals surface area contributed by atoms with E-state index in [1.807, 2.05) is 0 Å². The number of hydrogen-bond donors (Lipinski definition) is 0. The molecule has 0 spiro atoms. The van der Waals surface area contributed by atoms with Gasteiger partial charge in [-0.2, -0.15) is 0 Å². The summed E-state index contributed by atoms with van der Waals surface area (Å²) < 4.78 is 42.4. The van der Waals surface area contributed by atoms with E-state index in [2.05, 4.69) is 43.8 Å². The van der Waals surface area contributed by atoms with Crippen LogP contribution in [0.25, 0.3) is 11.0 Å². The van der Waals surface area contributed by atoms with Crippen LogP contribution in [-0.4, -0.2) is 59.3 Å². The average molecular weight is 611 g/mol. The topological polar surface area (TPSA) is 84.7 Å². The Bertz CT molecular complexity index is 1440. The molecule has 40 heavy (non-hydrogen) atoms. The normalized spacial score (nSPS) is 25.4. The average Bonchev–Trinajstić information content (AvgIpc) is 3.52. The van der Waals surface area contributed by atoms with Gasteiger partial charge in [0, 0.05) is 22.3 Å². The van der Waals surface area contributed by atoms with E-state index >= 15 is 4.39 Å². The number of rotatable bonds is 7. The van der Waals surface area contributed by atoms with Crippen LogP contribution in [0.5, 0.6) is 0 Å². The second-order valence-corrected chi connectivity index (χ2v) is 17.9. The number of alkyl halides is 1. The number of Topliss-reactive ketones (excluding diaryl/α,β-unsaturated/α-hetero) is 1. The lowest BCUT2D eigenvalue weighted by Crippen LogP contribution is -2.41. The van der Waals surface area contributed by atoms with Gasteiger partial charge in [0.2, 0.25) is 0 Å². The predicted molar refractivity (Wildman–Crippen MR) is 153 cm³/mol. The van der Waals surface area contributed by atoms with Crippen molar-refractivity contribution < 1.29 is 27.8 Å². The number of aromatic nitrogens is 3. The van der Waals surface area contributed by atoms with Crippen molar-refractivity contribution in [2.24, 2.45) is 0 Å². The van der Waals surface area contributed by atoms with E-state index in [4.69, 9.17) is 41.8 Å². The summed E-state index contributed by atoms with van der Waals surface area (Å²) >= 11 is 12.5. The number of halogens is 3. The Labute approximate surface area is 244 Å². The van der Waals surface area contributed by atoms with Crippen LogP contribution in [0.2, 0.25) is 28.3 Å². The number of fused-ring (bicyclic) bond motifs is 2. The fourth-order valence-electron chi connectivity index (χ4n) is 4.92. The summed E-state index contributed by atoms with van der Waals surface area (Å²) in [4.78, 5) is 22.5. The Balaban J connectivity index is 1.47. The van der Waals surface area contributed by atoms with Gasteiger partial charge in [-0.1, -0.05) is 44.0 Å². The minimum Gasteiger partial charge on any atom is -0.414 e. The second-order valence-electron chi connectivity index (χ2n) is 12.3. The molecule has 1 aromatic carbocycles. The molecule has 0 radical (unpaired) electrons. The molecule has 4 heterocycles. The number of hydrogen-bond acceptors (Lipinski definition) is 7. The fraction of sp³-hybridized carbons (Fsp3) is 0.536. The smallest absolute Gasteiger partial charge is 0.194 e. The molecule has 2 aliphatic heterocycles. The molecule has 0 amide bonds. The third-order valence-electron chi connectivity index (χ3n) is 8.04. The Kier molecular flexibility index (Phi) is 7.70. The van der Waals surface area contributed by atoms with Crippen molar-refractivity contribution in [1.82, 2.24) is 14.5 Å². The van der Waals surface area contributed by atoms with Crippen molar-refractivity contribution in [1.29, 1.82) is 0 Å². The monoisotopic (exact) mass is 609 g/mol. The molecule has 2 aliphatic rings. The van der Waals surface area contributed by atoms with Gasteiger partial charge >= 0.3 is 0 Å². The molecule has 5 atom stereocenters. The lowest BCUT2D eigenvalue weighted by Gasteiger charge is -2.36. The number of carbonyl (C=O) groups excluding carboxylic acids is 1. The highest BCUT2D eigenvalue weighted by atomic mass is 35.5. The Hall–Kier alpha value is -1.92. The third-order valence-corrected chi connectivity index (χ3v) is 13.1. The highest BCUT2D eigenvalue weighted by Crippen LogP contribution is 2.45. The molecule has 5 rings (SSSR count). The van der Waals surface area contributed by atoms with Gasteiger partial charge < -0.3 is 23.2 Å². The lowest BCUT2D eigenvalue weighted by atomic mass is 9.94. The summed E-state index contributed by atoms with van der Waals surface area (Å²) in [6.45, 7) is 13.7. The number of ether oxygens (including phenoxy) is 3. The van der Waals surface area contributed by atoms with Crippen molar-refractivity contribution in [3.05, 3.63) is 58.1 Å². The second kappa shape index (κ2) is 10.4. The van der Waals surface area contributed by atoms with E-state index in [1.54, 1.807) is 36.7 Å². The highest BCUT2D eigenvalue weighted by molar-refractivity contribution is 6.74. The van der Waals surface area contributed by atoms with Gasteiger partial charge in [-0.3, -0.25) is 4.79 Å². The molecule has 0 bridgehead atoms. The first-order valence-electron chi connectivity index (χ1n) is 13.2. The van der Waals surface area contributed by atoms with E-state index in [9.17, 15) is 4.79 Å². The maximum atomic E-state index is 15.8. The van der Waals surface area contributed by atoms with Gasteiger partial charge in [-0.05, 0) is 56.2 Å². The molecule has 0 saturated carbocycles. The highest BCUT2D eigenvalue weighted by Gasteiger charge is 2.58. The lowest BCUT2D eigenvalue weighted by molar-refractivity contribution is -0.190. The zero-order valence-electron chi connectivity index (χ0n) is 23.6. The molecule has 216 valence electrons. The van der Waals surface area contributed by atoms with E-state index in [-0.39, 0.29) is 22.8 Å². The first kappa shape index (κ1) is 29.6. The van der Waals surface area contributed by atoms with Crippen LogP contribution in [0, 0.1) is 0 Å². The van der Waals surface area contributed by atoms with Gasteiger partial charge in [-0.25, -0.2) is 14.4 Å². The number of ketones is 1. The summed E-state index contributed by atoms with van der Waals surface area (Å²) in [5, 5.41) is 1.17. The van der Waals surface area contributed by atoms with E-state index < -0.39 is 50.6 Å². The molecule has 0 aliphatic carbocycles. The molecule has 2 fully saturated rings. The molecule has 2 saturated heterocycles. The summed E-state index contributed by atoms with van der Waals surface area (Å²) in [6, 6.07) is 6.35. The molecule has 0 N–H and O–H groups in total. The zero-order valence-corrected chi connectivity index (χ0v) is 26.1. The van der Waals surface area contributed by atoms with Crippen LogP contribution < -0.4 is 0 Å². The van der Waals surface area contributed by atoms with Gasteiger partial charge in [0.05, 0.1) is 12.0 Å². The van der Waals surface area contributed by atoms with Gasteiger partial charge in [0.15, 0.2) is 32.2 Å². The van der Waals surface area contributed by atoms with Crippen LogP contribution in [0.15, 0.2) is 36.8 Å². The van der Waals surface area contributed by atoms with E-state index in [0.717, 1.165) is 0 Å². The first-order valence-corrected chi connectivity index (χ1v) is 16.9. The minimum atomic E-state index is -2.23. The minimum absolute atomic E-state index is 0.0915. The molecular formula is C28H34Cl2FN3O5Si. The van der Waals surface area contributed by atoms with Gasteiger partial charge in [0.1, 0.15) is 35.5 Å². The van der Waals surface area contributed by atoms with E-state index in [0.29, 0.717) is 21.2 Å². The van der Waals surface area contributed by atoms with E-state index in [1.165, 1.54) is 18.5 Å². The molecule has 3 aromatic rings. The summed E-state index contributed by atoms with van der Waals surface area (Å²) in [7, 11) is -2.23. The molecule has 1 unspecified atom stereocenters. The summed E-state index contributed by atoms with van der Waals surface area (Å²) in [5.41, 5.74) is 0.851. The fourth-order valence-corrected chi connectivity index (χ4v) is 6.28. The molecule has 12 heteroatoms. The van der Waals surface area contributed by atoms with Crippen molar-refractivity contribution in [3.63, 3.8) is 0 Å². The summed E-state index contributed by atoms with van der Waals surface area (Å²) in [5.74, 6) is -1.39. The largest absolute Gasteiger partial charge is 0.414 e. The van der Waals surface area contributed by atoms with Gasteiger partial charge in [-0.15, -0.1) is 0 Å². The van der Waals surface area contributed by atoms with Gasteiger partial charge in [0.25, 0.3) is 0 Å². The van der Waals surface area contributed by atoms with Crippen LogP contribution in [0.4, 0.5) is 4.39 Å². The number of benzene rings is 1. The molecular weight excluding hydrogens is 576 g/mol. The van der Waals surface area contributed by atoms with Crippen molar-refractivity contribution in [2.45, 2.75) is 89.2 Å². The van der Waals surface area contributed by atoms with Crippen LogP contribution in [0.3, 0.4) is 0 Å². The van der Waals surface area contributed by atoms with Crippen LogP contribution in [0.1, 0.15) is 62.9 Å². The predicted octanol–water partition coefficient (Wildman–Crippen LogP) is 7.07. The number of nitrogens with zero attached hydrogens (tertiary/aromatic N) is 3. The third kappa shape index (κ3) is 5.35. The Morgan fingerprint density at radius 1 is 1.18 bits per heavy atom. The Morgan fingerprint density at radius 2 is 1.88 bits per heavy atom. The molecule has 8 nitrogen and oxygen atoms in total. The quantitative estimate of drug-likeness (QED) is 0.161. The van der Waals surface area contributed by atoms with Crippen molar-refractivity contribution in [3.8, 4) is 0 Å². The first-order chi connectivity index (χ1) is 18.6. The SMILES string of the molecule is CC1(C)O[C@@H]2[C@H](O1)[C@@H](C(=O)c1ccc(Cl)cc1C(F)CO[Si](C)(C)C(C)(C)C)O[C@H]2n1ccc2c(Cl)ncnc21. The maximum Gasteiger partial charge on any atom is 0.194 e. The van der Waals surface area contributed by atoms with Crippen molar-refractivity contribution >= 4 is 48.3 Å². The van der Waals surface area contributed by atoms with Crippen molar-refractivity contribution in [2.75, 3.05) is 6.61 Å².